The van der Waals surface area contributed by atoms with Crippen molar-refractivity contribution in [2.45, 2.75) is 0 Å². The lowest BCUT2D eigenvalue weighted by atomic mass is 10.2. The lowest BCUT2D eigenvalue weighted by Crippen LogP contribution is -2.23. The summed E-state index contributed by atoms with van der Waals surface area (Å²) in [7, 11) is 0. The smallest absolute Gasteiger partial charge is 0.255 e. The summed E-state index contributed by atoms with van der Waals surface area (Å²) < 4.78 is 0. The third-order valence-corrected chi connectivity index (χ3v) is 1.52. The van der Waals surface area contributed by atoms with Gasteiger partial charge >= 0.3 is 0 Å². The van der Waals surface area contributed by atoms with Crippen molar-refractivity contribution in [3.63, 3.8) is 0 Å². The highest BCUT2D eigenvalue weighted by atomic mass is 16.3. The van der Waals surface area contributed by atoms with Gasteiger partial charge in [0, 0.05) is 11.3 Å². The van der Waals surface area contributed by atoms with Gasteiger partial charge in [-0.3, -0.25) is 4.79 Å². The van der Waals surface area contributed by atoms with Gasteiger partial charge in [-0.2, -0.15) is 0 Å². The van der Waals surface area contributed by atoms with Crippen LogP contribution in [0, 0.1) is 0 Å². The third-order valence-electron chi connectivity index (χ3n) is 1.52. The fraction of sp³-hybridized carbons (Fsp3) is 0.100. The fourth-order valence-electron chi connectivity index (χ4n) is 0.862. The van der Waals surface area contributed by atoms with Crippen molar-refractivity contribution in [1.29, 1.82) is 0 Å². The first-order valence-electron chi connectivity index (χ1n) is 3.89. The number of nitrogens with one attached hydrogen (secondary N) is 1. The van der Waals surface area contributed by atoms with Crippen molar-refractivity contribution in [2.75, 3.05) is 6.61 Å². The van der Waals surface area contributed by atoms with E-state index in [4.69, 9.17) is 5.11 Å². The zero-order chi connectivity index (χ0) is 9.68. The van der Waals surface area contributed by atoms with E-state index < -0.39 is 0 Å². The molecule has 0 aliphatic carbocycles. The summed E-state index contributed by atoms with van der Waals surface area (Å²) in [5.74, 6) is -0.250. The summed E-state index contributed by atoms with van der Waals surface area (Å²) in [6.45, 7) is 3.22. The lowest BCUT2D eigenvalue weighted by molar-refractivity contribution is 0.0960. The molecule has 0 bridgehead atoms. The van der Waals surface area contributed by atoms with Crippen LogP contribution in [0.3, 0.4) is 0 Å². The minimum atomic E-state index is -0.250. The van der Waals surface area contributed by atoms with Crippen LogP contribution in [0.5, 0.6) is 0 Å². The van der Waals surface area contributed by atoms with E-state index >= 15 is 0 Å². The Morgan fingerprint density at radius 1 is 1.38 bits per heavy atom. The maximum atomic E-state index is 11.3. The first kappa shape index (κ1) is 9.48. The van der Waals surface area contributed by atoms with Crippen LogP contribution < -0.4 is 5.32 Å². The highest BCUT2D eigenvalue weighted by Gasteiger charge is 2.03. The fourth-order valence-corrected chi connectivity index (χ4v) is 0.862. The summed E-state index contributed by atoms with van der Waals surface area (Å²) in [5.41, 5.74) is 0.853. The predicted molar refractivity (Wildman–Crippen MR) is 50.1 cm³/mol. The van der Waals surface area contributed by atoms with Gasteiger partial charge in [0.05, 0.1) is 6.61 Å². The first-order valence-corrected chi connectivity index (χ1v) is 3.89. The van der Waals surface area contributed by atoms with Crippen LogP contribution in [0.1, 0.15) is 10.4 Å². The van der Waals surface area contributed by atoms with Crippen LogP contribution in [-0.2, 0) is 0 Å². The van der Waals surface area contributed by atoms with Gasteiger partial charge in [0.25, 0.3) is 5.91 Å². The number of rotatable bonds is 3. The van der Waals surface area contributed by atoms with E-state index in [0.29, 0.717) is 11.3 Å². The summed E-state index contributed by atoms with van der Waals surface area (Å²) in [5, 5.41) is 11.1. The zero-order valence-electron chi connectivity index (χ0n) is 7.16. The van der Waals surface area contributed by atoms with Crippen LogP contribution in [0.15, 0.2) is 42.6 Å². The molecule has 1 aromatic carbocycles. The second kappa shape index (κ2) is 4.42. The molecule has 2 N–H and O–H groups in total. The molecule has 1 aromatic rings. The molecule has 0 aromatic heterocycles. The second-order valence-corrected chi connectivity index (χ2v) is 2.58. The number of carbonyl (C=O) groups is 1. The van der Waals surface area contributed by atoms with E-state index in [0.717, 1.165) is 0 Å². The molecule has 0 heterocycles. The molecule has 13 heavy (non-hydrogen) atoms. The van der Waals surface area contributed by atoms with E-state index in [1.54, 1.807) is 24.3 Å². The molecular formula is C10H11NO2. The monoisotopic (exact) mass is 177 g/mol. The van der Waals surface area contributed by atoms with E-state index in [2.05, 4.69) is 11.9 Å². The number of hydrogen-bond donors (Lipinski definition) is 2. The van der Waals surface area contributed by atoms with Gasteiger partial charge < -0.3 is 10.4 Å². The molecule has 0 aliphatic rings. The van der Waals surface area contributed by atoms with Crippen LogP contribution in [0.2, 0.25) is 0 Å². The average molecular weight is 177 g/mol. The molecule has 3 heteroatoms. The second-order valence-electron chi connectivity index (χ2n) is 2.58. The Kier molecular flexibility index (Phi) is 3.23. The number of benzene rings is 1. The normalized spacial score (nSPS) is 9.31. The molecule has 0 saturated carbocycles. The van der Waals surface area contributed by atoms with E-state index in [-0.39, 0.29) is 12.5 Å². The van der Waals surface area contributed by atoms with Crippen LogP contribution >= 0.6 is 0 Å². The Bertz CT molecular complexity index is 306. The van der Waals surface area contributed by atoms with Crippen LogP contribution in [-0.4, -0.2) is 17.6 Å². The number of amides is 1. The number of hydrogen-bond acceptors (Lipinski definition) is 2. The lowest BCUT2D eigenvalue weighted by Gasteiger charge is -2.04. The van der Waals surface area contributed by atoms with E-state index in [9.17, 15) is 4.79 Å². The van der Waals surface area contributed by atoms with Gasteiger partial charge in [-0.25, -0.2) is 0 Å². The zero-order valence-corrected chi connectivity index (χ0v) is 7.16. The molecule has 1 amide bonds. The van der Waals surface area contributed by atoms with Gasteiger partial charge in [0.2, 0.25) is 0 Å². The van der Waals surface area contributed by atoms with Crippen molar-refractivity contribution >= 4 is 5.91 Å². The Hall–Kier alpha value is -1.61. The standard InChI is InChI=1S/C10H11NO2/c1-8(7-12)11-10(13)9-5-3-2-4-6-9/h2-6,12H,1,7H2,(H,11,13). The van der Waals surface area contributed by atoms with Gasteiger partial charge in [-0.05, 0) is 12.1 Å². The van der Waals surface area contributed by atoms with Crippen molar-refractivity contribution in [1.82, 2.24) is 5.32 Å². The average Bonchev–Trinajstić information content (AvgIpc) is 2.19. The van der Waals surface area contributed by atoms with Gasteiger partial charge in [0.1, 0.15) is 0 Å². The van der Waals surface area contributed by atoms with Crippen LogP contribution in [0.4, 0.5) is 0 Å². The molecular weight excluding hydrogens is 166 g/mol. The molecule has 0 atom stereocenters. The van der Waals surface area contributed by atoms with Crippen molar-refractivity contribution in [3.8, 4) is 0 Å². The molecule has 0 fully saturated rings. The van der Waals surface area contributed by atoms with Crippen molar-refractivity contribution in [3.05, 3.63) is 48.2 Å². The van der Waals surface area contributed by atoms with E-state index in [1.807, 2.05) is 6.07 Å². The Balaban J connectivity index is 2.65. The molecule has 1 rings (SSSR count). The SMILES string of the molecule is C=C(CO)NC(=O)c1ccccc1. The minimum Gasteiger partial charge on any atom is -0.390 e. The molecule has 68 valence electrons. The number of carbonyl (C=O) groups excluding carboxylic acids is 1. The number of aliphatic hydroxyl groups is 1. The molecule has 0 spiro atoms. The van der Waals surface area contributed by atoms with Crippen LogP contribution in [0.25, 0.3) is 0 Å². The Morgan fingerprint density at radius 3 is 2.54 bits per heavy atom. The molecule has 3 nitrogen and oxygen atoms in total. The minimum absolute atomic E-state index is 0.238. The Labute approximate surface area is 76.7 Å². The molecule has 0 unspecified atom stereocenters. The maximum absolute atomic E-state index is 11.3. The topological polar surface area (TPSA) is 49.3 Å². The van der Waals surface area contributed by atoms with E-state index in [1.165, 1.54) is 0 Å². The third kappa shape index (κ3) is 2.72. The quantitative estimate of drug-likeness (QED) is 0.721. The Morgan fingerprint density at radius 2 is 2.00 bits per heavy atom. The summed E-state index contributed by atoms with van der Waals surface area (Å²) >= 11 is 0. The van der Waals surface area contributed by atoms with Crippen molar-refractivity contribution < 1.29 is 9.90 Å². The highest BCUT2D eigenvalue weighted by Crippen LogP contribution is 1.98. The molecule has 0 radical (unpaired) electrons. The summed E-state index contributed by atoms with van der Waals surface area (Å²) in [4.78, 5) is 11.3. The molecule has 0 saturated heterocycles. The highest BCUT2D eigenvalue weighted by molar-refractivity contribution is 5.95. The largest absolute Gasteiger partial charge is 0.390 e. The molecule has 0 aliphatic heterocycles. The van der Waals surface area contributed by atoms with Gasteiger partial charge in [-0.15, -0.1) is 0 Å². The van der Waals surface area contributed by atoms with Gasteiger partial charge in [-0.1, -0.05) is 24.8 Å². The predicted octanol–water partition coefficient (Wildman–Crippen LogP) is 0.922. The van der Waals surface area contributed by atoms with Gasteiger partial charge in [0.15, 0.2) is 0 Å². The maximum Gasteiger partial charge on any atom is 0.255 e. The first-order chi connectivity index (χ1) is 6.24. The van der Waals surface area contributed by atoms with Crippen molar-refractivity contribution in [2.24, 2.45) is 0 Å². The summed E-state index contributed by atoms with van der Waals surface area (Å²) in [6, 6.07) is 8.77. The number of aliphatic hydroxyl groups excluding tert-OH is 1. The summed E-state index contributed by atoms with van der Waals surface area (Å²) in [6.07, 6.45) is 0.